The summed E-state index contributed by atoms with van der Waals surface area (Å²) in [5.74, 6) is -1.37. The second kappa shape index (κ2) is 8.31. The van der Waals surface area contributed by atoms with E-state index in [1.165, 1.54) is 12.1 Å². The molecule has 3 rings (SSSR count). The highest BCUT2D eigenvalue weighted by Gasteiger charge is 2.43. The van der Waals surface area contributed by atoms with Gasteiger partial charge in [0.2, 0.25) is 0 Å². The van der Waals surface area contributed by atoms with Crippen LogP contribution in [0.5, 0.6) is 0 Å². The van der Waals surface area contributed by atoms with Crippen molar-refractivity contribution < 1.29 is 23.8 Å². The number of carboxylic acids is 1. The maximum atomic E-state index is 13.3. The van der Waals surface area contributed by atoms with Gasteiger partial charge in [-0.05, 0) is 42.3 Å². The standard InChI is InChI=1S/C21H21BrFNO4/c1-14(15-2-6-17(22)7-3-15)24-13-12-21(28-20(24)27,11-10-19(25)26)16-4-8-18(23)9-5-16/h2-9,14H,10-13H2,1H3,(H,25,26)/t14-,21-/m0/s1. The lowest BCUT2D eigenvalue weighted by Crippen LogP contribution is -2.49. The van der Waals surface area contributed by atoms with Crippen molar-refractivity contribution in [3.63, 3.8) is 0 Å². The van der Waals surface area contributed by atoms with Crippen LogP contribution in [0.3, 0.4) is 0 Å². The van der Waals surface area contributed by atoms with E-state index in [4.69, 9.17) is 9.84 Å². The lowest BCUT2D eigenvalue weighted by Gasteiger charge is -2.43. The molecule has 2 atom stereocenters. The number of cyclic esters (lactones) is 1. The number of amides is 1. The van der Waals surface area contributed by atoms with Crippen LogP contribution < -0.4 is 0 Å². The summed E-state index contributed by atoms with van der Waals surface area (Å²) in [7, 11) is 0. The monoisotopic (exact) mass is 449 g/mol. The number of carboxylic acid groups (broad SMARTS) is 1. The molecule has 1 fully saturated rings. The topological polar surface area (TPSA) is 66.8 Å². The summed E-state index contributed by atoms with van der Waals surface area (Å²) < 4.78 is 20.1. The van der Waals surface area contributed by atoms with Gasteiger partial charge in [0.1, 0.15) is 11.4 Å². The Kier molecular flexibility index (Phi) is 6.03. The number of hydrogen-bond donors (Lipinski definition) is 1. The minimum atomic E-state index is -1.07. The molecule has 0 bridgehead atoms. The third kappa shape index (κ3) is 4.35. The van der Waals surface area contributed by atoms with Gasteiger partial charge in [-0.1, -0.05) is 40.2 Å². The molecule has 1 saturated heterocycles. The Labute approximate surface area is 171 Å². The van der Waals surface area contributed by atoms with E-state index in [1.807, 2.05) is 31.2 Å². The van der Waals surface area contributed by atoms with Crippen LogP contribution in [0.2, 0.25) is 0 Å². The van der Waals surface area contributed by atoms with Crippen LogP contribution >= 0.6 is 15.9 Å². The lowest BCUT2D eigenvalue weighted by molar-refractivity contribution is -0.139. The average molecular weight is 450 g/mol. The molecule has 0 spiro atoms. The molecule has 2 aromatic carbocycles. The summed E-state index contributed by atoms with van der Waals surface area (Å²) in [5.41, 5.74) is 0.512. The number of rotatable bonds is 6. The molecule has 1 N–H and O–H groups in total. The number of carbonyl (C=O) groups is 2. The van der Waals surface area contributed by atoms with Crippen molar-refractivity contribution in [2.45, 2.75) is 37.8 Å². The zero-order chi connectivity index (χ0) is 20.3. The zero-order valence-corrected chi connectivity index (χ0v) is 17.0. The summed E-state index contributed by atoms with van der Waals surface area (Å²) in [6.45, 7) is 2.33. The number of ether oxygens (including phenoxy) is 1. The maximum Gasteiger partial charge on any atom is 0.411 e. The third-order valence-electron chi connectivity index (χ3n) is 5.21. The van der Waals surface area contributed by atoms with E-state index in [1.54, 1.807) is 17.0 Å². The van der Waals surface area contributed by atoms with Gasteiger partial charge >= 0.3 is 12.1 Å². The average Bonchev–Trinajstić information content (AvgIpc) is 2.67. The Bertz CT molecular complexity index is 856. The number of nitrogens with zero attached hydrogens (tertiary/aromatic N) is 1. The molecule has 0 unspecified atom stereocenters. The quantitative estimate of drug-likeness (QED) is 0.653. The van der Waals surface area contributed by atoms with Crippen LogP contribution in [0.1, 0.15) is 43.4 Å². The molecule has 1 heterocycles. The van der Waals surface area contributed by atoms with Crippen LogP contribution in [0.25, 0.3) is 0 Å². The van der Waals surface area contributed by atoms with Crippen molar-refractivity contribution in [2.75, 3.05) is 6.54 Å². The van der Waals surface area contributed by atoms with Crippen molar-refractivity contribution in [1.82, 2.24) is 4.90 Å². The highest BCUT2D eigenvalue weighted by Crippen LogP contribution is 2.40. The molecule has 1 amide bonds. The zero-order valence-electron chi connectivity index (χ0n) is 15.4. The van der Waals surface area contributed by atoms with Gasteiger partial charge in [0.25, 0.3) is 0 Å². The van der Waals surface area contributed by atoms with Crippen LogP contribution in [0.15, 0.2) is 53.0 Å². The first-order chi connectivity index (χ1) is 13.3. The molecule has 1 aliphatic rings. The molecular formula is C21H21BrFNO4. The van der Waals surface area contributed by atoms with Gasteiger partial charge in [0.05, 0.1) is 6.04 Å². The molecule has 1 aliphatic heterocycles. The van der Waals surface area contributed by atoms with Gasteiger partial charge in [-0.15, -0.1) is 0 Å². The van der Waals surface area contributed by atoms with E-state index < -0.39 is 23.5 Å². The highest BCUT2D eigenvalue weighted by molar-refractivity contribution is 9.10. The van der Waals surface area contributed by atoms with Crippen molar-refractivity contribution >= 4 is 28.0 Å². The number of aliphatic carboxylic acids is 1. The van der Waals surface area contributed by atoms with Gasteiger partial charge in [-0.25, -0.2) is 9.18 Å². The van der Waals surface area contributed by atoms with E-state index in [-0.39, 0.29) is 18.9 Å². The number of carbonyl (C=O) groups excluding carboxylic acids is 1. The molecule has 0 aromatic heterocycles. The van der Waals surface area contributed by atoms with E-state index in [0.29, 0.717) is 18.5 Å². The van der Waals surface area contributed by atoms with Crippen molar-refractivity contribution in [1.29, 1.82) is 0 Å². The van der Waals surface area contributed by atoms with Gasteiger partial charge in [-0.2, -0.15) is 0 Å². The molecule has 7 heteroatoms. The first-order valence-electron chi connectivity index (χ1n) is 9.04. The minimum absolute atomic E-state index is 0.139. The Morgan fingerprint density at radius 2 is 1.89 bits per heavy atom. The summed E-state index contributed by atoms with van der Waals surface area (Å²) >= 11 is 3.40. The number of halogens is 2. The fourth-order valence-corrected chi connectivity index (χ4v) is 3.79. The molecule has 28 heavy (non-hydrogen) atoms. The van der Waals surface area contributed by atoms with Crippen LogP contribution in [-0.2, 0) is 15.1 Å². The van der Waals surface area contributed by atoms with Gasteiger partial charge < -0.3 is 14.7 Å². The molecule has 0 radical (unpaired) electrons. The SMILES string of the molecule is C[C@@H](c1ccc(Br)cc1)N1CC[C@@](CCC(=O)O)(c2ccc(F)cc2)OC1=O. The Morgan fingerprint density at radius 1 is 1.25 bits per heavy atom. The fraction of sp³-hybridized carbons (Fsp3) is 0.333. The summed E-state index contributed by atoms with van der Waals surface area (Å²) in [6, 6.07) is 13.2. The van der Waals surface area contributed by atoms with Crippen molar-refractivity contribution in [2.24, 2.45) is 0 Å². The molecule has 0 aliphatic carbocycles. The van der Waals surface area contributed by atoms with E-state index in [2.05, 4.69) is 15.9 Å². The summed E-state index contributed by atoms with van der Waals surface area (Å²) in [5, 5.41) is 9.11. The predicted molar refractivity (Wildman–Crippen MR) is 105 cm³/mol. The fourth-order valence-electron chi connectivity index (χ4n) is 3.53. The minimum Gasteiger partial charge on any atom is -0.481 e. The largest absolute Gasteiger partial charge is 0.481 e. The van der Waals surface area contributed by atoms with Gasteiger partial charge in [0.15, 0.2) is 0 Å². The molecular weight excluding hydrogens is 429 g/mol. The third-order valence-corrected chi connectivity index (χ3v) is 5.74. The van der Waals surface area contributed by atoms with Crippen molar-refractivity contribution in [3.8, 4) is 0 Å². The van der Waals surface area contributed by atoms with Gasteiger partial charge in [-0.3, -0.25) is 4.79 Å². The second-order valence-corrected chi connectivity index (χ2v) is 7.85. The summed E-state index contributed by atoms with van der Waals surface area (Å²) in [4.78, 5) is 25.6. The summed E-state index contributed by atoms with van der Waals surface area (Å²) in [6.07, 6.45) is -0.0811. The second-order valence-electron chi connectivity index (χ2n) is 6.93. The molecule has 2 aromatic rings. The lowest BCUT2D eigenvalue weighted by atomic mass is 9.84. The first kappa shape index (κ1) is 20.3. The van der Waals surface area contributed by atoms with Crippen LogP contribution in [0.4, 0.5) is 9.18 Å². The van der Waals surface area contributed by atoms with Gasteiger partial charge in [0, 0.05) is 30.3 Å². The highest BCUT2D eigenvalue weighted by atomic mass is 79.9. The number of hydrogen-bond acceptors (Lipinski definition) is 3. The number of benzene rings is 2. The van der Waals surface area contributed by atoms with Crippen molar-refractivity contribution in [3.05, 3.63) is 69.9 Å². The van der Waals surface area contributed by atoms with E-state index in [0.717, 1.165) is 10.0 Å². The van der Waals surface area contributed by atoms with E-state index in [9.17, 15) is 14.0 Å². The Morgan fingerprint density at radius 3 is 2.46 bits per heavy atom. The molecule has 5 nitrogen and oxygen atoms in total. The van der Waals surface area contributed by atoms with E-state index >= 15 is 0 Å². The Balaban J connectivity index is 1.83. The Hall–Kier alpha value is -2.41. The van der Waals surface area contributed by atoms with Crippen LogP contribution in [0, 0.1) is 5.82 Å². The maximum absolute atomic E-state index is 13.3. The smallest absolute Gasteiger partial charge is 0.411 e. The molecule has 0 saturated carbocycles. The first-order valence-corrected chi connectivity index (χ1v) is 9.83. The predicted octanol–water partition coefficient (Wildman–Crippen LogP) is 5.25. The normalized spacial score (nSPS) is 20.5. The molecule has 148 valence electrons. The van der Waals surface area contributed by atoms with Crippen LogP contribution in [-0.4, -0.2) is 28.6 Å².